The number of rotatable bonds is 5. The van der Waals surface area contributed by atoms with Crippen molar-refractivity contribution in [2.45, 2.75) is 64.5 Å². The van der Waals surface area contributed by atoms with Gasteiger partial charge in [0.2, 0.25) is 5.91 Å². The molecule has 26 heavy (non-hydrogen) atoms. The second-order valence-corrected chi connectivity index (χ2v) is 9.03. The number of aromatic nitrogens is 1. The minimum absolute atomic E-state index is 0.322. The van der Waals surface area contributed by atoms with Gasteiger partial charge in [0.1, 0.15) is 0 Å². The van der Waals surface area contributed by atoms with Crippen LogP contribution in [0.25, 0.3) is 10.2 Å². The normalized spacial score (nSPS) is 23.4. The summed E-state index contributed by atoms with van der Waals surface area (Å²) >= 11 is 1.74. The third kappa shape index (κ3) is 3.27. The van der Waals surface area contributed by atoms with E-state index in [-0.39, 0.29) is 5.41 Å². The topological polar surface area (TPSA) is 45.2 Å². The molecule has 0 spiro atoms. The van der Waals surface area contributed by atoms with Crippen molar-refractivity contribution in [3.8, 4) is 0 Å². The van der Waals surface area contributed by atoms with Gasteiger partial charge in [-0.25, -0.2) is 4.98 Å². The summed E-state index contributed by atoms with van der Waals surface area (Å²) < 4.78 is 1.22. The van der Waals surface area contributed by atoms with Crippen LogP contribution in [0.3, 0.4) is 0 Å². The largest absolute Gasteiger partial charge is 0.341 e. The van der Waals surface area contributed by atoms with E-state index in [2.05, 4.69) is 42.3 Å². The highest BCUT2D eigenvalue weighted by Crippen LogP contribution is 2.37. The first-order chi connectivity index (χ1) is 12.6. The van der Waals surface area contributed by atoms with Crippen LogP contribution in [0.4, 0.5) is 0 Å². The fraction of sp³-hybridized carbons (Fsp3) is 0.619. The van der Waals surface area contributed by atoms with Crippen LogP contribution < -0.4 is 5.32 Å². The van der Waals surface area contributed by atoms with Gasteiger partial charge in [-0.15, -0.1) is 11.3 Å². The van der Waals surface area contributed by atoms with Crippen LogP contribution in [-0.4, -0.2) is 41.0 Å². The predicted molar refractivity (Wildman–Crippen MR) is 107 cm³/mol. The summed E-state index contributed by atoms with van der Waals surface area (Å²) in [6.07, 6.45) is 6.07. The van der Waals surface area contributed by atoms with Gasteiger partial charge >= 0.3 is 0 Å². The summed E-state index contributed by atoms with van der Waals surface area (Å²) in [5.74, 6) is 0.344. The van der Waals surface area contributed by atoms with Crippen molar-refractivity contribution in [1.29, 1.82) is 0 Å². The van der Waals surface area contributed by atoms with E-state index in [9.17, 15) is 4.79 Å². The molecule has 2 aromatic rings. The molecule has 1 aromatic carbocycles. The summed E-state index contributed by atoms with van der Waals surface area (Å²) in [5, 5.41) is 4.78. The maximum Gasteiger partial charge on any atom is 0.229 e. The van der Waals surface area contributed by atoms with E-state index in [4.69, 9.17) is 4.98 Å². The Morgan fingerprint density at radius 3 is 2.77 bits per heavy atom. The van der Waals surface area contributed by atoms with Crippen LogP contribution in [0, 0.1) is 5.41 Å². The molecule has 2 atom stereocenters. The summed E-state index contributed by atoms with van der Waals surface area (Å²) in [6, 6.07) is 9.37. The zero-order valence-corrected chi connectivity index (χ0v) is 16.6. The van der Waals surface area contributed by atoms with Crippen LogP contribution in [-0.2, 0) is 11.2 Å². The number of nitrogens with one attached hydrogen (secondary N) is 1. The molecule has 3 heterocycles. The molecular formula is C21H29N3OS. The van der Waals surface area contributed by atoms with E-state index in [1.165, 1.54) is 17.5 Å². The van der Waals surface area contributed by atoms with Crippen molar-refractivity contribution in [2.24, 2.45) is 5.41 Å². The van der Waals surface area contributed by atoms with Crippen molar-refractivity contribution in [3.05, 3.63) is 29.3 Å². The molecule has 2 fully saturated rings. The number of para-hydroxylation sites is 1. The molecule has 2 aliphatic heterocycles. The van der Waals surface area contributed by atoms with E-state index < -0.39 is 0 Å². The van der Waals surface area contributed by atoms with E-state index in [0.29, 0.717) is 18.0 Å². The van der Waals surface area contributed by atoms with Crippen molar-refractivity contribution in [3.63, 3.8) is 0 Å². The van der Waals surface area contributed by atoms with Gasteiger partial charge < -0.3 is 10.2 Å². The monoisotopic (exact) mass is 371 g/mol. The Labute approximate surface area is 160 Å². The molecular weight excluding hydrogens is 342 g/mol. The van der Waals surface area contributed by atoms with Crippen molar-refractivity contribution in [2.75, 3.05) is 13.1 Å². The summed E-state index contributed by atoms with van der Waals surface area (Å²) in [4.78, 5) is 20.6. The molecule has 1 N–H and O–H groups in total. The van der Waals surface area contributed by atoms with E-state index >= 15 is 0 Å². The lowest BCUT2D eigenvalue weighted by molar-refractivity contribution is -0.143. The number of carbonyl (C=O) groups is 1. The number of hydrogen-bond acceptors (Lipinski definition) is 4. The lowest BCUT2D eigenvalue weighted by Crippen LogP contribution is -2.48. The van der Waals surface area contributed by atoms with E-state index in [1.807, 2.05) is 6.07 Å². The Balaban J connectivity index is 1.57. The maximum atomic E-state index is 13.6. The lowest BCUT2D eigenvalue weighted by Gasteiger charge is -2.36. The lowest BCUT2D eigenvalue weighted by atomic mass is 9.77. The second kappa shape index (κ2) is 7.28. The molecule has 0 saturated carbocycles. The minimum atomic E-state index is -0.322. The Morgan fingerprint density at radius 1 is 1.23 bits per heavy atom. The molecule has 140 valence electrons. The quantitative estimate of drug-likeness (QED) is 0.864. The molecule has 4 nitrogen and oxygen atoms in total. The van der Waals surface area contributed by atoms with Gasteiger partial charge in [0.15, 0.2) is 0 Å². The maximum absolute atomic E-state index is 13.6. The third-order valence-electron chi connectivity index (χ3n) is 6.45. The zero-order valence-electron chi connectivity index (χ0n) is 15.8. The first-order valence-corrected chi connectivity index (χ1v) is 10.8. The number of fused-ring (bicyclic) bond motifs is 3. The number of benzene rings is 1. The Morgan fingerprint density at radius 2 is 2.00 bits per heavy atom. The number of nitrogens with zero attached hydrogens (tertiary/aromatic N) is 2. The number of thiazole rings is 1. The highest BCUT2D eigenvalue weighted by atomic mass is 32.1. The van der Waals surface area contributed by atoms with E-state index in [0.717, 1.165) is 49.3 Å². The Hall–Kier alpha value is -1.46. The van der Waals surface area contributed by atoms with Gasteiger partial charge in [0, 0.05) is 31.6 Å². The molecule has 2 unspecified atom stereocenters. The molecule has 2 saturated heterocycles. The average Bonchev–Trinajstić information content (AvgIpc) is 3.21. The van der Waals surface area contributed by atoms with Gasteiger partial charge in [0.25, 0.3) is 0 Å². The van der Waals surface area contributed by atoms with E-state index in [1.54, 1.807) is 11.3 Å². The van der Waals surface area contributed by atoms with Crippen LogP contribution in [0.2, 0.25) is 0 Å². The van der Waals surface area contributed by atoms with Gasteiger partial charge in [-0.1, -0.05) is 26.0 Å². The van der Waals surface area contributed by atoms with Crippen molar-refractivity contribution >= 4 is 27.5 Å². The van der Waals surface area contributed by atoms with Crippen molar-refractivity contribution < 1.29 is 4.79 Å². The average molecular weight is 372 g/mol. The smallest absolute Gasteiger partial charge is 0.229 e. The number of hydrogen-bond donors (Lipinski definition) is 1. The molecule has 5 heteroatoms. The van der Waals surface area contributed by atoms with Crippen LogP contribution in [0.1, 0.15) is 51.0 Å². The number of amides is 1. The molecule has 0 radical (unpaired) electrons. The molecule has 4 rings (SSSR count). The van der Waals surface area contributed by atoms with Gasteiger partial charge in [0.05, 0.1) is 20.6 Å². The fourth-order valence-corrected chi connectivity index (χ4v) is 5.74. The molecule has 1 aromatic heterocycles. The van der Waals surface area contributed by atoms with Crippen LogP contribution in [0.15, 0.2) is 24.3 Å². The molecule has 2 bridgehead atoms. The standard InChI is InChI=1S/C21H29N3OS/c1-3-21(4-2,13-19-23-17-7-5-6-8-18(17)26-19)20(25)24-12-11-15-9-10-16(14-24)22-15/h5-8,15-16,22H,3-4,9-14H2,1-2H3. The molecule has 0 aliphatic carbocycles. The summed E-state index contributed by atoms with van der Waals surface area (Å²) in [6.45, 7) is 6.10. The second-order valence-electron chi connectivity index (χ2n) is 7.92. The Bertz CT molecular complexity index is 749. The third-order valence-corrected chi connectivity index (χ3v) is 7.48. The SMILES string of the molecule is CCC(CC)(Cc1nc2ccccc2s1)C(=O)N1CCC2CCC(C1)N2. The van der Waals surface area contributed by atoms with Gasteiger partial charge in [-0.2, -0.15) is 0 Å². The first-order valence-electron chi connectivity index (χ1n) is 10.0. The van der Waals surface area contributed by atoms with Gasteiger partial charge in [-0.05, 0) is 44.2 Å². The predicted octanol–water partition coefficient (Wildman–Crippen LogP) is 4.00. The minimum Gasteiger partial charge on any atom is -0.341 e. The van der Waals surface area contributed by atoms with Crippen LogP contribution in [0.5, 0.6) is 0 Å². The summed E-state index contributed by atoms with van der Waals surface area (Å²) in [7, 11) is 0. The Kier molecular flexibility index (Phi) is 5.02. The fourth-order valence-electron chi connectivity index (χ4n) is 4.63. The number of likely N-dealkylation sites (tertiary alicyclic amines) is 1. The van der Waals surface area contributed by atoms with Gasteiger partial charge in [-0.3, -0.25) is 4.79 Å². The molecule has 1 amide bonds. The highest BCUT2D eigenvalue weighted by molar-refractivity contribution is 7.18. The highest BCUT2D eigenvalue weighted by Gasteiger charge is 2.41. The number of carbonyl (C=O) groups excluding carboxylic acids is 1. The van der Waals surface area contributed by atoms with Crippen molar-refractivity contribution in [1.82, 2.24) is 15.2 Å². The molecule has 2 aliphatic rings. The zero-order chi connectivity index (χ0) is 18.1. The first kappa shape index (κ1) is 17.9. The van der Waals surface area contributed by atoms with Crippen LogP contribution >= 0.6 is 11.3 Å². The summed E-state index contributed by atoms with van der Waals surface area (Å²) in [5.41, 5.74) is 0.731.